The summed E-state index contributed by atoms with van der Waals surface area (Å²) in [5, 5.41) is 14.7. The third kappa shape index (κ3) is 3.78. The lowest BCUT2D eigenvalue weighted by Crippen LogP contribution is -2.29. The first-order valence-corrected chi connectivity index (χ1v) is 9.37. The quantitative estimate of drug-likeness (QED) is 0.530. The van der Waals surface area contributed by atoms with Crippen LogP contribution in [-0.2, 0) is 13.1 Å². The highest BCUT2D eigenvalue weighted by Gasteiger charge is 2.22. The van der Waals surface area contributed by atoms with Crippen LogP contribution in [0.25, 0.3) is 5.65 Å². The number of aromatic nitrogens is 2. The van der Waals surface area contributed by atoms with Crippen molar-refractivity contribution in [2.45, 2.75) is 32.4 Å². The molecule has 0 bridgehead atoms. The first-order chi connectivity index (χ1) is 13.2. The van der Waals surface area contributed by atoms with Crippen molar-refractivity contribution in [2.75, 3.05) is 18.4 Å². The molecule has 0 saturated carbocycles. The first kappa shape index (κ1) is 17.5. The minimum atomic E-state index is -0.387. The number of hydrogen-bond donors (Lipinski definition) is 1. The monoisotopic (exact) mass is 365 g/mol. The van der Waals surface area contributed by atoms with Crippen LogP contribution in [0, 0.1) is 10.1 Å². The lowest BCUT2D eigenvalue weighted by Gasteiger charge is -2.27. The molecule has 1 N–H and O–H groups in total. The van der Waals surface area contributed by atoms with Gasteiger partial charge in [0.05, 0.1) is 6.20 Å². The largest absolute Gasteiger partial charge is 0.372 e. The fraction of sp³-hybridized carbons (Fsp3) is 0.350. The van der Waals surface area contributed by atoms with Crippen molar-refractivity contribution < 1.29 is 4.92 Å². The number of fused-ring (bicyclic) bond motifs is 1. The van der Waals surface area contributed by atoms with Gasteiger partial charge in [-0.3, -0.25) is 4.90 Å². The van der Waals surface area contributed by atoms with Gasteiger partial charge in [0.15, 0.2) is 0 Å². The Hall–Kier alpha value is -2.93. The number of hydrogen-bond acceptors (Lipinski definition) is 5. The van der Waals surface area contributed by atoms with E-state index in [1.807, 2.05) is 12.1 Å². The highest BCUT2D eigenvalue weighted by atomic mass is 16.6. The van der Waals surface area contributed by atoms with Crippen LogP contribution in [0.4, 0.5) is 11.6 Å². The van der Waals surface area contributed by atoms with E-state index in [2.05, 4.69) is 33.4 Å². The van der Waals surface area contributed by atoms with E-state index < -0.39 is 0 Å². The summed E-state index contributed by atoms with van der Waals surface area (Å²) in [5.41, 5.74) is 2.97. The third-order valence-electron chi connectivity index (χ3n) is 5.08. The van der Waals surface area contributed by atoms with Crippen LogP contribution < -0.4 is 5.32 Å². The predicted molar refractivity (Wildman–Crippen MR) is 105 cm³/mol. The van der Waals surface area contributed by atoms with E-state index in [1.165, 1.54) is 29.2 Å². The van der Waals surface area contributed by atoms with Crippen molar-refractivity contribution in [3.63, 3.8) is 0 Å². The van der Waals surface area contributed by atoms with E-state index in [4.69, 9.17) is 0 Å². The Morgan fingerprint density at radius 2 is 1.78 bits per heavy atom. The minimum absolute atomic E-state index is 0.0286. The molecule has 1 fully saturated rings. The molecule has 0 aliphatic carbocycles. The fourth-order valence-corrected chi connectivity index (χ4v) is 3.70. The molecule has 0 radical (unpaired) electrons. The number of rotatable bonds is 6. The smallest absolute Gasteiger partial charge is 0.359 e. The summed E-state index contributed by atoms with van der Waals surface area (Å²) in [4.78, 5) is 18.0. The summed E-state index contributed by atoms with van der Waals surface area (Å²) < 4.78 is 1.50. The summed E-state index contributed by atoms with van der Waals surface area (Å²) in [7, 11) is 0. The Labute approximate surface area is 157 Å². The van der Waals surface area contributed by atoms with Crippen LogP contribution in [0.5, 0.6) is 0 Å². The molecular formula is C20H23N5O2. The zero-order chi connectivity index (χ0) is 18.6. The molecule has 7 nitrogen and oxygen atoms in total. The van der Waals surface area contributed by atoms with Crippen LogP contribution in [-0.4, -0.2) is 32.3 Å². The van der Waals surface area contributed by atoms with Gasteiger partial charge < -0.3 is 15.4 Å². The Bertz CT molecular complexity index is 946. The Kier molecular flexibility index (Phi) is 5.02. The summed E-state index contributed by atoms with van der Waals surface area (Å²) in [6, 6.07) is 13.6. The van der Waals surface area contributed by atoms with Gasteiger partial charge in [-0.15, -0.1) is 0 Å². The topological polar surface area (TPSA) is 75.7 Å². The molecule has 7 heteroatoms. The average molecular weight is 365 g/mol. The van der Waals surface area contributed by atoms with E-state index in [0.29, 0.717) is 18.0 Å². The number of nitrogens with one attached hydrogen (secondary N) is 1. The molecule has 1 aliphatic rings. The fourth-order valence-electron chi connectivity index (χ4n) is 3.70. The van der Waals surface area contributed by atoms with Crippen LogP contribution in [0.15, 0.2) is 48.7 Å². The van der Waals surface area contributed by atoms with Crippen LogP contribution >= 0.6 is 0 Å². The molecular weight excluding hydrogens is 342 g/mol. The van der Waals surface area contributed by atoms with E-state index in [1.54, 1.807) is 18.3 Å². The average Bonchev–Trinajstić information content (AvgIpc) is 3.07. The van der Waals surface area contributed by atoms with Crippen molar-refractivity contribution in [1.29, 1.82) is 0 Å². The van der Waals surface area contributed by atoms with Gasteiger partial charge in [-0.25, -0.2) is 0 Å². The van der Waals surface area contributed by atoms with Gasteiger partial charge in [-0.05, 0) is 48.0 Å². The van der Waals surface area contributed by atoms with Crippen LogP contribution in [0.1, 0.15) is 30.4 Å². The minimum Gasteiger partial charge on any atom is -0.359 e. The van der Waals surface area contributed by atoms with Crippen molar-refractivity contribution in [3.05, 3.63) is 69.9 Å². The maximum atomic E-state index is 11.5. The molecule has 0 spiro atoms. The molecule has 1 aliphatic heterocycles. The van der Waals surface area contributed by atoms with E-state index in [9.17, 15) is 10.1 Å². The number of nitrogens with zero attached hydrogens (tertiary/aromatic N) is 4. The SMILES string of the molecule is O=[N+]([O-])c1c(NCc2ccccc2CN2CCCCC2)nc2ccccn12. The lowest BCUT2D eigenvalue weighted by atomic mass is 10.0. The number of likely N-dealkylation sites (tertiary alicyclic amines) is 1. The van der Waals surface area contributed by atoms with Gasteiger partial charge >= 0.3 is 5.82 Å². The number of pyridine rings is 1. The van der Waals surface area contributed by atoms with Gasteiger partial charge in [0.25, 0.3) is 0 Å². The zero-order valence-corrected chi connectivity index (χ0v) is 15.2. The van der Waals surface area contributed by atoms with E-state index >= 15 is 0 Å². The highest BCUT2D eigenvalue weighted by Crippen LogP contribution is 2.26. The molecule has 1 aromatic carbocycles. The Morgan fingerprint density at radius 3 is 2.56 bits per heavy atom. The normalized spacial score (nSPS) is 15.1. The summed E-state index contributed by atoms with van der Waals surface area (Å²) in [5.74, 6) is 0.276. The highest BCUT2D eigenvalue weighted by molar-refractivity contribution is 5.62. The second kappa shape index (κ2) is 7.75. The number of anilines is 1. The third-order valence-corrected chi connectivity index (χ3v) is 5.08. The number of imidazole rings is 1. The molecule has 27 heavy (non-hydrogen) atoms. The molecule has 0 atom stereocenters. The summed E-state index contributed by atoms with van der Waals surface area (Å²) in [6.45, 7) is 3.71. The van der Waals surface area contributed by atoms with Gasteiger partial charge in [0.1, 0.15) is 0 Å². The molecule has 0 amide bonds. The number of nitro groups is 1. The molecule has 3 aromatic rings. The molecule has 2 aromatic heterocycles. The van der Waals surface area contributed by atoms with Gasteiger partial charge in [0.2, 0.25) is 11.5 Å². The molecule has 1 saturated heterocycles. The van der Waals surface area contributed by atoms with E-state index in [0.717, 1.165) is 25.2 Å². The number of benzene rings is 1. The van der Waals surface area contributed by atoms with Crippen molar-refractivity contribution in [3.8, 4) is 0 Å². The maximum absolute atomic E-state index is 11.5. The second-order valence-electron chi connectivity index (χ2n) is 6.93. The van der Waals surface area contributed by atoms with Gasteiger partial charge in [-0.2, -0.15) is 9.38 Å². The standard InChI is InChI=1S/C20H23N5O2/c26-25(27)20-19(22-18-10-4-7-13-24(18)20)21-14-16-8-2-3-9-17(16)15-23-11-5-1-6-12-23/h2-4,7-10,13,21H,1,5-6,11-12,14-15H2. The summed E-state index contributed by atoms with van der Waals surface area (Å²) >= 11 is 0. The zero-order valence-electron chi connectivity index (χ0n) is 15.2. The van der Waals surface area contributed by atoms with Gasteiger partial charge in [-0.1, -0.05) is 36.8 Å². The molecule has 140 valence electrons. The van der Waals surface area contributed by atoms with Crippen molar-refractivity contribution >= 4 is 17.3 Å². The number of piperidine rings is 1. The predicted octanol–water partition coefficient (Wildman–Crippen LogP) is 3.84. The lowest BCUT2D eigenvalue weighted by molar-refractivity contribution is -0.389. The van der Waals surface area contributed by atoms with Gasteiger partial charge in [0, 0.05) is 19.2 Å². The second-order valence-corrected chi connectivity index (χ2v) is 6.93. The molecule has 3 heterocycles. The Balaban J connectivity index is 1.55. The van der Waals surface area contributed by atoms with Crippen molar-refractivity contribution in [1.82, 2.24) is 14.3 Å². The molecule has 0 unspecified atom stereocenters. The van der Waals surface area contributed by atoms with Crippen molar-refractivity contribution in [2.24, 2.45) is 0 Å². The maximum Gasteiger partial charge on any atom is 0.372 e. The molecule has 4 rings (SSSR count). The van der Waals surface area contributed by atoms with E-state index in [-0.39, 0.29) is 10.7 Å². The summed E-state index contributed by atoms with van der Waals surface area (Å²) in [6.07, 6.45) is 5.49. The first-order valence-electron chi connectivity index (χ1n) is 9.37. The van der Waals surface area contributed by atoms with Crippen LogP contribution in [0.2, 0.25) is 0 Å². The Morgan fingerprint density at radius 1 is 1.04 bits per heavy atom. The van der Waals surface area contributed by atoms with Crippen LogP contribution in [0.3, 0.4) is 0 Å².